The number of halogens is 3. The number of aryl methyl sites for hydroxylation is 1. The standard InChI is InChI=1S/C15H14F3N5O/c1-3-24-15-21-14-19-8(2)4-13(23(14)22-15)20-9-5-11(17)10(7-16)12(18)6-9/h4-6,20H,3,7H2,1-2H3. The molecule has 24 heavy (non-hydrogen) atoms. The first-order valence-electron chi connectivity index (χ1n) is 7.20. The molecule has 0 saturated heterocycles. The summed E-state index contributed by atoms with van der Waals surface area (Å²) in [7, 11) is 0. The minimum Gasteiger partial charge on any atom is -0.463 e. The summed E-state index contributed by atoms with van der Waals surface area (Å²) >= 11 is 0. The van der Waals surface area contributed by atoms with Gasteiger partial charge >= 0.3 is 6.01 Å². The highest BCUT2D eigenvalue weighted by atomic mass is 19.1. The average Bonchev–Trinajstić information content (AvgIpc) is 2.90. The second-order valence-corrected chi connectivity index (χ2v) is 5.00. The van der Waals surface area contributed by atoms with Gasteiger partial charge in [0.15, 0.2) is 0 Å². The molecule has 126 valence electrons. The molecule has 0 amide bonds. The molecule has 0 aliphatic heterocycles. The number of ether oxygens (including phenoxy) is 1. The molecule has 0 aliphatic rings. The molecular weight excluding hydrogens is 323 g/mol. The summed E-state index contributed by atoms with van der Waals surface area (Å²) in [5.41, 5.74) is 0.139. The third-order valence-electron chi connectivity index (χ3n) is 3.24. The number of nitrogens with one attached hydrogen (secondary N) is 1. The van der Waals surface area contributed by atoms with Crippen LogP contribution in [-0.2, 0) is 6.67 Å². The van der Waals surface area contributed by atoms with E-state index in [1.807, 2.05) is 0 Å². The maximum atomic E-state index is 13.7. The first-order valence-corrected chi connectivity index (χ1v) is 7.20. The summed E-state index contributed by atoms with van der Waals surface area (Å²) in [6.45, 7) is 2.71. The normalized spacial score (nSPS) is 11.0. The molecule has 1 aromatic carbocycles. The van der Waals surface area contributed by atoms with Gasteiger partial charge < -0.3 is 10.1 Å². The first kappa shape index (κ1) is 16.0. The van der Waals surface area contributed by atoms with E-state index in [0.717, 1.165) is 12.1 Å². The summed E-state index contributed by atoms with van der Waals surface area (Å²) in [6, 6.07) is 3.81. The zero-order valence-electron chi connectivity index (χ0n) is 13.0. The van der Waals surface area contributed by atoms with Gasteiger partial charge in [0.2, 0.25) is 0 Å². The molecule has 9 heteroatoms. The molecule has 0 atom stereocenters. The van der Waals surface area contributed by atoms with Crippen LogP contribution < -0.4 is 10.1 Å². The van der Waals surface area contributed by atoms with Crippen molar-refractivity contribution in [3.05, 3.63) is 41.1 Å². The molecule has 0 aliphatic carbocycles. The Bertz CT molecular complexity index is 873. The summed E-state index contributed by atoms with van der Waals surface area (Å²) < 4.78 is 46.6. The zero-order chi connectivity index (χ0) is 17.3. The van der Waals surface area contributed by atoms with Crippen molar-refractivity contribution < 1.29 is 17.9 Å². The fraction of sp³-hybridized carbons (Fsp3) is 0.267. The Balaban J connectivity index is 2.03. The van der Waals surface area contributed by atoms with Crippen LogP contribution in [0.15, 0.2) is 18.2 Å². The SMILES string of the molecule is CCOc1nc2nc(C)cc(Nc3cc(F)c(CF)c(F)c3)n2n1. The van der Waals surface area contributed by atoms with Crippen LogP contribution in [-0.4, -0.2) is 26.2 Å². The van der Waals surface area contributed by atoms with Crippen LogP contribution in [0.1, 0.15) is 18.2 Å². The largest absolute Gasteiger partial charge is 0.463 e. The van der Waals surface area contributed by atoms with Crippen molar-refractivity contribution in [2.24, 2.45) is 0 Å². The lowest BCUT2D eigenvalue weighted by molar-refractivity contribution is 0.313. The molecule has 3 rings (SSSR count). The van der Waals surface area contributed by atoms with E-state index in [1.165, 1.54) is 4.52 Å². The average molecular weight is 337 g/mol. The minimum atomic E-state index is -1.21. The molecule has 2 aromatic heterocycles. The topological polar surface area (TPSA) is 64.3 Å². The lowest BCUT2D eigenvalue weighted by atomic mass is 10.2. The molecule has 3 aromatic rings. The van der Waals surface area contributed by atoms with E-state index >= 15 is 0 Å². The number of hydrogen-bond donors (Lipinski definition) is 1. The van der Waals surface area contributed by atoms with Gasteiger partial charge in [0, 0.05) is 17.4 Å². The molecule has 0 fully saturated rings. The molecule has 1 N–H and O–H groups in total. The molecule has 0 saturated carbocycles. The lowest BCUT2D eigenvalue weighted by Crippen LogP contribution is -2.04. The van der Waals surface area contributed by atoms with Gasteiger partial charge in [-0.25, -0.2) is 18.2 Å². The van der Waals surface area contributed by atoms with Crippen LogP contribution in [0, 0.1) is 18.6 Å². The smallest absolute Gasteiger partial charge is 0.337 e. The number of anilines is 2. The van der Waals surface area contributed by atoms with Crippen LogP contribution in [0.3, 0.4) is 0 Å². The second kappa shape index (κ2) is 6.34. The molecule has 2 heterocycles. The first-order chi connectivity index (χ1) is 11.5. The van der Waals surface area contributed by atoms with Crippen LogP contribution in [0.25, 0.3) is 5.78 Å². The highest BCUT2D eigenvalue weighted by Gasteiger charge is 2.14. The Labute approximate surface area is 135 Å². The van der Waals surface area contributed by atoms with Crippen molar-refractivity contribution in [3.8, 4) is 6.01 Å². The van der Waals surface area contributed by atoms with E-state index in [0.29, 0.717) is 18.1 Å². The molecule has 0 unspecified atom stereocenters. The summed E-state index contributed by atoms with van der Waals surface area (Å²) in [5, 5.41) is 6.97. The summed E-state index contributed by atoms with van der Waals surface area (Å²) in [5.74, 6) is -1.25. The number of alkyl halides is 1. The van der Waals surface area contributed by atoms with Crippen molar-refractivity contribution in [2.45, 2.75) is 20.5 Å². The Morgan fingerprint density at radius 1 is 1.17 bits per heavy atom. The quantitative estimate of drug-likeness (QED) is 0.774. The molecule has 0 spiro atoms. The van der Waals surface area contributed by atoms with Gasteiger partial charge in [0.25, 0.3) is 5.78 Å². The number of benzene rings is 1. The Morgan fingerprint density at radius 3 is 2.50 bits per heavy atom. The third kappa shape index (κ3) is 2.97. The number of rotatable bonds is 5. The summed E-state index contributed by atoms with van der Waals surface area (Å²) in [4.78, 5) is 8.32. The van der Waals surface area contributed by atoms with Crippen LogP contribution in [0.5, 0.6) is 6.01 Å². The highest BCUT2D eigenvalue weighted by molar-refractivity contribution is 5.59. The fourth-order valence-electron chi connectivity index (χ4n) is 2.20. The van der Waals surface area contributed by atoms with E-state index in [2.05, 4.69) is 20.4 Å². The number of fused-ring (bicyclic) bond motifs is 1. The maximum Gasteiger partial charge on any atom is 0.337 e. The maximum absolute atomic E-state index is 13.7. The fourth-order valence-corrected chi connectivity index (χ4v) is 2.20. The highest BCUT2D eigenvalue weighted by Crippen LogP contribution is 2.24. The molecular formula is C15H14F3N5O. The van der Waals surface area contributed by atoms with Crippen molar-refractivity contribution in [2.75, 3.05) is 11.9 Å². The monoisotopic (exact) mass is 337 g/mol. The van der Waals surface area contributed by atoms with Gasteiger partial charge in [-0.1, -0.05) is 0 Å². The van der Waals surface area contributed by atoms with Crippen molar-refractivity contribution in [1.29, 1.82) is 0 Å². The zero-order valence-corrected chi connectivity index (χ0v) is 13.0. The van der Waals surface area contributed by atoms with Crippen LogP contribution in [0.4, 0.5) is 24.7 Å². The lowest BCUT2D eigenvalue weighted by Gasteiger charge is -2.10. The Morgan fingerprint density at radius 2 is 1.88 bits per heavy atom. The Kier molecular flexibility index (Phi) is 4.24. The van der Waals surface area contributed by atoms with E-state index in [4.69, 9.17) is 4.74 Å². The van der Waals surface area contributed by atoms with Crippen molar-refractivity contribution in [3.63, 3.8) is 0 Å². The van der Waals surface area contributed by atoms with Gasteiger partial charge in [0.1, 0.15) is 24.1 Å². The molecule has 6 nitrogen and oxygen atoms in total. The second-order valence-electron chi connectivity index (χ2n) is 5.00. The predicted octanol–water partition coefficient (Wildman–Crippen LogP) is 3.32. The predicted molar refractivity (Wildman–Crippen MR) is 81.1 cm³/mol. The number of nitrogens with zero attached hydrogens (tertiary/aromatic N) is 4. The third-order valence-corrected chi connectivity index (χ3v) is 3.24. The van der Waals surface area contributed by atoms with Crippen LogP contribution in [0.2, 0.25) is 0 Å². The van der Waals surface area contributed by atoms with Gasteiger partial charge in [-0.05, 0) is 26.0 Å². The van der Waals surface area contributed by atoms with Crippen LogP contribution >= 0.6 is 0 Å². The van der Waals surface area contributed by atoms with Gasteiger partial charge in [0.05, 0.1) is 12.2 Å². The Hall–Kier alpha value is -2.84. The van der Waals surface area contributed by atoms with E-state index in [1.54, 1.807) is 19.9 Å². The van der Waals surface area contributed by atoms with E-state index in [-0.39, 0.29) is 17.5 Å². The molecule has 0 radical (unpaired) electrons. The minimum absolute atomic E-state index is 0.113. The van der Waals surface area contributed by atoms with Gasteiger partial charge in [-0.3, -0.25) is 0 Å². The summed E-state index contributed by atoms with van der Waals surface area (Å²) in [6.07, 6.45) is 0. The van der Waals surface area contributed by atoms with Crippen molar-refractivity contribution in [1.82, 2.24) is 19.6 Å². The van der Waals surface area contributed by atoms with Crippen molar-refractivity contribution >= 4 is 17.3 Å². The van der Waals surface area contributed by atoms with E-state index in [9.17, 15) is 13.2 Å². The van der Waals surface area contributed by atoms with Gasteiger partial charge in [-0.2, -0.15) is 9.50 Å². The van der Waals surface area contributed by atoms with Gasteiger partial charge in [-0.15, -0.1) is 5.10 Å². The number of hydrogen-bond acceptors (Lipinski definition) is 5. The molecule has 0 bridgehead atoms. The number of aromatic nitrogens is 4. The van der Waals surface area contributed by atoms with E-state index < -0.39 is 23.9 Å².